The standard InChI is InChI=1S/C17H23N3O/c1-3-9-17(21)18-13-8-4-5-12-16-19-14-10-6-7-11-15(14)20(16)2/h3,6-7,9-11H,4-5,8,12-13H2,1-2H3,(H,18,21)/b9-3+. The number of hydrogen-bond donors (Lipinski definition) is 1. The summed E-state index contributed by atoms with van der Waals surface area (Å²) in [7, 11) is 2.07. The van der Waals surface area contributed by atoms with Crippen LogP contribution in [0.3, 0.4) is 0 Å². The number of carbonyl (C=O) groups excluding carboxylic acids is 1. The molecule has 0 radical (unpaired) electrons. The summed E-state index contributed by atoms with van der Waals surface area (Å²) in [5, 5.41) is 2.87. The van der Waals surface area contributed by atoms with E-state index in [2.05, 4.69) is 34.0 Å². The van der Waals surface area contributed by atoms with Crippen LogP contribution in [0.25, 0.3) is 11.0 Å². The van der Waals surface area contributed by atoms with E-state index in [4.69, 9.17) is 0 Å². The Bertz CT molecular complexity index is 628. The fraction of sp³-hybridized carbons (Fsp3) is 0.412. The predicted octanol–water partition coefficient (Wildman–Crippen LogP) is 2.98. The molecule has 1 N–H and O–H groups in total. The van der Waals surface area contributed by atoms with Gasteiger partial charge in [0.15, 0.2) is 0 Å². The molecule has 2 rings (SSSR count). The number of allylic oxidation sites excluding steroid dienone is 1. The number of fused-ring (bicyclic) bond motifs is 1. The van der Waals surface area contributed by atoms with Gasteiger partial charge < -0.3 is 9.88 Å². The summed E-state index contributed by atoms with van der Waals surface area (Å²) in [6, 6.07) is 8.21. The minimum Gasteiger partial charge on any atom is -0.353 e. The maximum Gasteiger partial charge on any atom is 0.243 e. The Labute approximate surface area is 125 Å². The number of unbranched alkanes of at least 4 members (excludes halogenated alkanes) is 2. The molecule has 0 spiro atoms. The minimum absolute atomic E-state index is 0.00662. The van der Waals surface area contributed by atoms with Gasteiger partial charge in [0.25, 0.3) is 0 Å². The van der Waals surface area contributed by atoms with Gasteiger partial charge in [-0.3, -0.25) is 4.79 Å². The molecule has 0 fully saturated rings. The molecule has 112 valence electrons. The van der Waals surface area contributed by atoms with Crippen LogP contribution in [0.5, 0.6) is 0 Å². The van der Waals surface area contributed by atoms with Crippen molar-refractivity contribution in [1.29, 1.82) is 0 Å². The molecule has 0 aliphatic heterocycles. The molecule has 1 aromatic heterocycles. The van der Waals surface area contributed by atoms with Crippen molar-refractivity contribution in [3.05, 3.63) is 42.2 Å². The summed E-state index contributed by atoms with van der Waals surface area (Å²) < 4.78 is 2.17. The van der Waals surface area contributed by atoms with Gasteiger partial charge in [-0.1, -0.05) is 24.6 Å². The second-order valence-corrected chi connectivity index (χ2v) is 5.18. The quantitative estimate of drug-likeness (QED) is 0.628. The molecule has 4 nitrogen and oxygen atoms in total. The van der Waals surface area contributed by atoms with E-state index < -0.39 is 0 Å². The van der Waals surface area contributed by atoms with E-state index in [-0.39, 0.29) is 5.91 Å². The van der Waals surface area contributed by atoms with Crippen LogP contribution in [0.4, 0.5) is 0 Å². The smallest absolute Gasteiger partial charge is 0.243 e. The Morgan fingerprint density at radius 2 is 2.10 bits per heavy atom. The number of rotatable bonds is 7. The molecule has 0 saturated carbocycles. The van der Waals surface area contributed by atoms with Crippen molar-refractivity contribution in [1.82, 2.24) is 14.9 Å². The number of benzene rings is 1. The SMILES string of the molecule is C/C=C/C(=O)NCCCCCc1nc2ccccc2n1C. The molecule has 0 aliphatic rings. The lowest BCUT2D eigenvalue weighted by Crippen LogP contribution is -2.21. The molecule has 4 heteroatoms. The number of aromatic nitrogens is 2. The Morgan fingerprint density at radius 1 is 1.29 bits per heavy atom. The average Bonchev–Trinajstić information content (AvgIpc) is 2.80. The van der Waals surface area contributed by atoms with Crippen molar-refractivity contribution < 1.29 is 4.79 Å². The summed E-state index contributed by atoms with van der Waals surface area (Å²) in [5.41, 5.74) is 2.25. The lowest BCUT2D eigenvalue weighted by Gasteiger charge is -2.04. The van der Waals surface area contributed by atoms with Gasteiger partial charge in [0, 0.05) is 20.0 Å². The monoisotopic (exact) mass is 285 g/mol. The highest BCUT2D eigenvalue weighted by Gasteiger charge is 2.06. The first-order chi connectivity index (χ1) is 10.2. The molecule has 0 aliphatic carbocycles. The number of amides is 1. The normalized spacial score (nSPS) is 11.3. The highest BCUT2D eigenvalue weighted by atomic mass is 16.1. The first kappa shape index (κ1) is 15.3. The third-order valence-electron chi connectivity index (χ3n) is 3.57. The van der Waals surface area contributed by atoms with Gasteiger partial charge in [-0.05, 0) is 38.0 Å². The number of para-hydroxylation sites is 2. The minimum atomic E-state index is -0.00662. The third-order valence-corrected chi connectivity index (χ3v) is 3.57. The number of hydrogen-bond acceptors (Lipinski definition) is 2. The molecular weight excluding hydrogens is 262 g/mol. The average molecular weight is 285 g/mol. The van der Waals surface area contributed by atoms with Crippen molar-refractivity contribution >= 4 is 16.9 Å². The molecule has 1 heterocycles. The van der Waals surface area contributed by atoms with Crippen LogP contribution < -0.4 is 5.32 Å². The molecule has 0 bridgehead atoms. The fourth-order valence-corrected chi connectivity index (χ4v) is 2.43. The molecule has 2 aromatic rings. The van der Waals surface area contributed by atoms with E-state index in [1.54, 1.807) is 12.2 Å². The second-order valence-electron chi connectivity index (χ2n) is 5.18. The van der Waals surface area contributed by atoms with Crippen LogP contribution in [-0.4, -0.2) is 22.0 Å². The van der Waals surface area contributed by atoms with Gasteiger partial charge in [-0.15, -0.1) is 0 Å². The van der Waals surface area contributed by atoms with Gasteiger partial charge in [-0.2, -0.15) is 0 Å². The van der Waals surface area contributed by atoms with Crippen LogP contribution in [0.2, 0.25) is 0 Å². The van der Waals surface area contributed by atoms with Crippen molar-refractivity contribution in [2.45, 2.75) is 32.6 Å². The number of nitrogens with one attached hydrogen (secondary N) is 1. The van der Waals surface area contributed by atoms with Crippen LogP contribution in [0.15, 0.2) is 36.4 Å². The molecule has 0 atom stereocenters. The maximum atomic E-state index is 11.2. The Balaban J connectivity index is 1.73. The Morgan fingerprint density at radius 3 is 2.86 bits per heavy atom. The highest BCUT2D eigenvalue weighted by molar-refractivity contribution is 5.87. The lowest BCUT2D eigenvalue weighted by molar-refractivity contribution is -0.116. The molecule has 0 unspecified atom stereocenters. The second kappa shape index (κ2) is 7.62. The van der Waals surface area contributed by atoms with E-state index in [9.17, 15) is 4.79 Å². The van der Waals surface area contributed by atoms with Crippen LogP contribution in [0.1, 0.15) is 32.0 Å². The van der Waals surface area contributed by atoms with Gasteiger partial charge in [0.05, 0.1) is 11.0 Å². The van der Waals surface area contributed by atoms with Crippen LogP contribution >= 0.6 is 0 Å². The number of nitrogens with zero attached hydrogens (tertiary/aromatic N) is 2. The van der Waals surface area contributed by atoms with Crippen LogP contribution in [-0.2, 0) is 18.3 Å². The zero-order valence-corrected chi connectivity index (χ0v) is 12.8. The molecule has 21 heavy (non-hydrogen) atoms. The van der Waals surface area contributed by atoms with Gasteiger partial charge >= 0.3 is 0 Å². The topological polar surface area (TPSA) is 46.9 Å². The first-order valence-corrected chi connectivity index (χ1v) is 7.53. The van der Waals surface area contributed by atoms with E-state index in [0.29, 0.717) is 0 Å². The lowest BCUT2D eigenvalue weighted by atomic mass is 10.2. The zero-order valence-electron chi connectivity index (χ0n) is 12.8. The number of aryl methyl sites for hydroxylation is 2. The van der Waals surface area contributed by atoms with Crippen molar-refractivity contribution in [3.8, 4) is 0 Å². The molecular formula is C17H23N3O. The van der Waals surface area contributed by atoms with Gasteiger partial charge in [0.1, 0.15) is 5.82 Å². The number of carbonyl (C=O) groups is 1. The molecule has 1 aromatic carbocycles. The predicted molar refractivity (Wildman–Crippen MR) is 86.1 cm³/mol. The Kier molecular flexibility index (Phi) is 5.55. The molecule has 1 amide bonds. The summed E-state index contributed by atoms with van der Waals surface area (Å²) in [5.74, 6) is 1.13. The van der Waals surface area contributed by atoms with E-state index >= 15 is 0 Å². The van der Waals surface area contributed by atoms with Crippen molar-refractivity contribution in [2.75, 3.05) is 6.54 Å². The van der Waals surface area contributed by atoms with Gasteiger partial charge in [-0.25, -0.2) is 4.98 Å². The van der Waals surface area contributed by atoms with Crippen molar-refractivity contribution in [2.24, 2.45) is 7.05 Å². The van der Waals surface area contributed by atoms with E-state index in [1.165, 1.54) is 5.52 Å². The maximum absolute atomic E-state index is 11.2. The fourth-order valence-electron chi connectivity index (χ4n) is 2.43. The van der Waals surface area contributed by atoms with Crippen molar-refractivity contribution in [3.63, 3.8) is 0 Å². The zero-order chi connectivity index (χ0) is 15.1. The summed E-state index contributed by atoms with van der Waals surface area (Å²) >= 11 is 0. The summed E-state index contributed by atoms with van der Waals surface area (Å²) in [4.78, 5) is 15.9. The largest absolute Gasteiger partial charge is 0.353 e. The van der Waals surface area contributed by atoms with E-state index in [1.807, 2.05) is 19.1 Å². The highest BCUT2D eigenvalue weighted by Crippen LogP contribution is 2.15. The summed E-state index contributed by atoms with van der Waals surface area (Å²) in [6.07, 6.45) is 7.48. The Hall–Kier alpha value is -2.10. The number of imidazole rings is 1. The van der Waals surface area contributed by atoms with Gasteiger partial charge in [0.2, 0.25) is 5.91 Å². The molecule has 0 saturated heterocycles. The first-order valence-electron chi connectivity index (χ1n) is 7.53. The summed E-state index contributed by atoms with van der Waals surface area (Å²) in [6.45, 7) is 2.59. The third kappa shape index (κ3) is 4.18. The van der Waals surface area contributed by atoms with Crippen LogP contribution in [0, 0.1) is 0 Å². The van der Waals surface area contributed by atoms with E-state index in [0.717, 1.165) is 43.6 Å².